The van der Waals surface area contributed by atoms with Gasteiger partial charge in [0.2, 0.25) is 0 Å². The number of carbonyl (C=O) groups excluding carboxylic acids is 1. The van der Waals surface area contributed by atoms with Crippen molar-refractivity contribution in [3.63, 3.8) is 0 Å². The van der Waals surface area contributed by atoms with Crippen molar-refractivity contribution in [2.45, 2.75) is 51.7 Å². The third kappa shape index (κ3) is 7.05. The Kier molecular flexibility index (Phi) is 9.45. The molecule has 2 rings (SSSR count). The summed E-state index contributed by atoms with van der Waals surface area (Å²) in [4.78, 5) is 11.7. The summed E-state index contributed by atoms with van der Waals surface area (Å²) in [7, 11) is 0. The highest BCUT2D eigenvalue weighted by molar-refractivity contribution is 6.04. The van der Waals surface area contributed by atoms with Gasteiger partial charge in [-0.2, -0.15) is 13.2 Å². The van der Waals surface area contributed by atoms with Crippen LogP contribution in [0.3, 0.4) is 0 Å². The summed E-state index contributed by atoms with van der Waals surface area (Å²) < 4.78 is 63.2. The van der Waals surface area contributed by atoms with E-state index in [1.54, 1.807) is 6.92 Å². The van der Waals surface area contributed by atoms with Crippen molar-refractivity contribution in [2.75, 3.05) is 19.8 Å². The van der Waals surface area contributed by atoms with Crippen LogP contribution >= 0.6 is 0 Å². The molecule has 3 N–H and O–H groups in total. The molecule has 1 aromatic rings. The van der Waals surface area contributed by atoms with Gasteiger partial charge in [0.1, 0.15) is 23.0 Å². The summed E-state index contributed by atoms with van der Waals surface area (Å²) in [6, 6.07) is 2.06. The van der Waals surface area contributed by atoms with E-state index in [1.807, 2.05) is 6.92 Å². The molecule has 0 saturated carbocycles. The van der Waals surface area contributed by atoms with E-state index in [-0.39, 0.29) is 36.1 Å². The molecule has 0 fully saturated rings. The summed E-state index contributed by atoms with van der Waals surface area (Å²) in [5, 5.41) is 20.7. The number of phenolic OH excluding ortho intramolecular Hbond substituents is 1. The van der Waals surface area contributed by atoms with E-state index in [0.717, 1.165) is 6.07 Å². The molecule has 1 atom stereocenters. The van der Waals surface area contributed by atoms with Crippen LogP contribution in [0.4, 0.5) is 17.6 Å². The Morgan fingerprint density at radius 2 is 2.03 bits per heavy atom. The number of hydrogen-bond acceptors (Lipinski definition) is 6. The van der Waals surface area contributed by atoms with Crippen molar-refractivity contribution in [3.8, 4) is 11.5 Å². The fourth-order valence-corrected chi connectivity index (χ4v) is 3.35. The predicted molar refractivity (Wildman–Crippen MR) is 115 cm³/mol. The van der Waals surface area contributed by atoms with Crippen molar-refractivity contribution in [2.24, 2.45) is 0 Å². The molecule has 0 heterocycles. The molecule has 0 aromatic heterocycles. The molecule has 6 nitrogen and oxygen atoms in total. The van der Waals surface area contributed by atoms with Gasteiger partial charge in [0.15, 0.2) is 0 Å². The molecule has 0 aliphatic heterocycles. The summed E-state index contributed by atoms with van der Waals surface area (Å²) in [6.45, 7) is 4.29. The number of phenols is 1. The molecule has 0 spiro atoms. The number of alkyl halides is 3. The van der Waals surface area contributed by atoms with Gasteiger partial charge in [-0.05, 0) is 50.9 Å². The van der Waals surface area contributed by atoms with Crippen molar-refractivity contribution >= 4 is 11.7 Å². The second-order valence-corrected chi connectivity index (χ2v) is 7.41. The van der Waals surface area contributed by atoms with E-state index >= 15 is 0 Å². The number of carbonyl (C=O) groups is 1. The minimum Gasteiger partial charge on any atom is -0.507 e. The predicted octanol–water partition coefficient (Wildman–Crippen LogP) is 4.75. The normalized spacial score (nSPS) is 16.1. The molecule has 1 aliphatic carbocycles. The van der Waals surface area contributed by atoms with Crippen LogP contribution in [0.15, 0.2) is 35.7 Å². The molecule has 0 amide bonds. The van der Waals surface area contributed by atoms with Gasteiger partial charge in [0, 0.05) is 17.2 Å². The Morgan fingerprint density at radius 3 is 2.64 bits per heavy atom. The van der Waals surface area contributed by atoms with E-state index < -0.39 is 35.0 Å². The second kappa shape index (κ2) is 11.8. The molecule has 1 unspecified atom stereocenters. The van der Waals surface area contributed by atoms with Crippen LogP contribution in [-0.2, 0) is 16.0 Å². The van der Waals surface area contributed by atoms with E-state index in [0.29, 0.717) is 32.2 Å². The fraction of sp³-hybridized carbons (Fsp3) is 0.478. The molecular formula is C23H28F4N2O4. The number of aromatic hydroxyl groups is 1. The number of benzene rings is 1. The molecule has 0 bridgehead atoms. The molecule has 10 heteroatoms. The molecule has 0 radical (unpaired) electrons. The van der Waals surface area contributed by atoms with Gasteiger partial charge in [0.25, 0.3) is 0 Å². The Bertz CT molecular complexity index is 926. The Labute approximate surface area is 189 Å². The zero-order valence-electron chi connectivity index (χ0n) is 18.5. The zero-order valence-corrected chi connectivity index (χ0v) is 18.5. The van der Waals surface area contributed by atoms with Crippen LogP contribution in [0.5, 0.6) is 11.5 Å². The number of hydrogen-bond donors (Lipinski definition) is 3. The van der Waals surface area contributed by atoms with E-state index in [4.69, 9.17) is 14.9 Å². The SMILES string of the molecule is CCCc1c(OCCCNC2C=C(F)C(C(=O)OCC)=CC2)ccc(C(=N)C(F)(F)F)c1O. The van der Waals surface area contributed by atoms with Gasteiger partial charge < -0.3 is 19.9 Å². The quantitative estimate of drug-likeness (QED) is 0.187. The molecular weight excluding hydrogens is 444 g/mol. The van der Waals surface area contributed by atoms with E-state index in [9.17, 15) is 27.5 Å². The topological polar surface area (TPSA) is 91.6 Å². The Morgan fingerprint density at radius 1 is 1.30 bits per heavy atom. The standard InChI is InChI=1S/C23H28F4N2O4/c1-3-6-16-19(10-9-17(20(16)30)21(28)23(25,26)27)33-12-5-11-29-14-7-8-15(18(24)13-14)22(31)32-4-2/h8-10,13-14,28-30H,3-7,11-12H2,1-2H3. The maximum atomic E-state index is 14.1. The molecule has 1 aliphatic rings. The number of nitrogens with one attached hydrogen (secondary N) is 2. The lowest BCUT2D eigenvalue weighted by atomic mass is 10.00. The summed E-state index contributed by atoms with van der Waals surface area (Å²) in [5.41, 5.74) is -2.04. The first-order valence-electron chi connectivity index (χ1n) is 10.7. The van der Waals surface area contributed by atoms with Crippen LogP contribution in [0.1, 0.15) is 44.2 Å². The monoisotopic (exact) mass is 472 g/mol. The van der Waals surface area contributed by atoms with Crippen molar-refractivity contribution in [1.82, 2.24) is 5.32 Å². The van der Waals surface area contributed by atoms with Gasteiger partial charge >= 0.3 is 12.1 Å². The van der Waals surface area contributed by atoms with Crippen LogP contribution in [0.25, 0.3) is 0 Å². The highest BCUT2D eigenvalue weighted by atomic mass is 19.4. The number of ether oxygens (including phenoxy) is 2. The second-order valence-electron chi connectivity index (χ2n) is 7.41. The fourth-order valence-electron chi connectivity index (χ4n) is 3.35. The largest absolute Gasteiger partial charge is 0.507 e. The van der Waals surface area contributed by atoms with Gasteiger partial charge in [-0.25, -0.2) is 9.18 Å². The van der Waals surface area contributed by atoms with Crippen molar-refractivity contribution in [3.05, 3.63) is 46.8 Å². The maximum absolute atomic E-state index is 14.1. The highest BCUT2D eigenvalue weighted by Crippen LogP contribution is 2.36. The summed E-state index contributed by atoms with van der Waals surface area (Å²) >= 11 is 0. The average molecular weight is 472 g/mol. The van der Waals surface area contributed by atoms with Gasteiger partial charge in [0.05, 0.1) is 18.8 Å². The summed E-state index contributed by atoms with van der Waals surface area (Å²) in [6.07, 6.45) is -0.278. The van der Waals surface area contributed by atoms with Gasteiger partial charge in [-0.15, -0.1) is 0 Å². The van der Waals surface area contributed by atoms with Gasteiger partial charge in [-0.3, -0.25) is 5.41 Å². The first kappa shape index (κ1) is 26.4. The molecule has 33 heavy (non-hydrogen) atoms. The molecule has 0 saturated heterocycles. The van der Waals surface area contributed by atoms with E-state index in [1.165, 1.54) is 18.2 Å². The highest BCUT2D eigenvalue weighted by Gasteiger charge is 2.37. The van der Waals surface area contributed by atoms with Gasteiger partial charge in [-0.1, -0.05) is 19.4 Å². The number of rotatable bonds is 11. The third-order valence-corrected chi connectivity index (χ3v) is 4.95. The first-order chi connectivity index (χ1) is 15.6. The minimum absolute atomic E-state index is 0.0800. The maximum Gasteiger partial charge on any atom is 0.433 e. The molecule has 182 valence electrons. The number of halogens is 4. The lowest BCUT2D eigenvalue weighted by Crippen LogP contribution is -2.31. The minimum atomic E-state index is -4.87. The third-order valence-electron chi connectivity index (χ3n) is 4.95. The lowest BCUT2D eigenvalue weighted by molar-refractivity contribution is -0.138. The van der Waals surface area contributed by atoms with Crippen molar-refractivity contribution < 1.29 is 36.9 Å². The van der Waals surface area contributed by atoms with Crippen LogP contribution < -0.4 is 10.1 Å². The average Bonchev–Trinajstić information content (AvgIpc) is 2.75. The Balaban J connectivity index is 1.90. The summed E-state index contributed by atoms with van der Waals surface area (Å²) in [5.74, 6) is -1.67. The number of esters is 1. The van der Waals surface area contributed by atoms with Crippen LogP contribution in [-0.4, -0.2) is 48.8 Å². The Hall–Kier alpha value is -2.88. The lowest BCUT2D eigenvalue weighted by Gasteiger charge is -2.19. The van der Waals surface area contributed by atoms with Crippen molar-refractivity contribution in [1.29, 1.82) is 5.41 Å². The smallest absolute Gasteiger partial charge is 0.433 e. The van der Waals surface area contributed by atoms with Crippen LogP contribution in [0, 0.1) is 5.41 Å². The zero-order chi connectivity index (χ0) is 24.6. The first-order valence-corrected chi connectivity index (χ1v) is 10.7. The molecule has 1 aromatic carbocycles. The van der Waals surface area contributed by atoms with Crippen LogP contribution in [0.2, 0.25) is 0 Å². The van der Waals surface area contributed by atoms with E-state index in [2.05, 4.69) is 5.32 Å².